The van der Waals surface area contributed by atoms with Gasteiger partial charge in [-0.2, -0.15) is 0 Å². The number of hydrogen-bond acceptors (Lipinski definition) is 2. The maximum absolute atomic E-state index is 11.3. The molecule has 0 fully saturated rings. The van der Waals surface area contributed by atoms with E-state index in [4.69, 9.17) is 0 Å². The van der Waals surface area contributed by atoms with Crippen LogP contribution in [0.15, 0.2) is 24.3 Å². The molecule has 2 nitrogen and oxygen atoms in total. The monoisotopic (exact) mass is 179 g/mol. The molecule has 0 saturated heterocycles. The SMILES string of the molecule is Cc1ccccc1C(=O)NC=S. The van der Waals surface area contributed by atoms with Crippen LogP contribution in [0, 0.1) is 6.92 Å². The van der Waals surface area contributed by atoms with Crippen LogP contribution in [-0.4, -0.2) is 11.4 Å². The Hall–Kier alpha value is -1.22. The fraction of sp³-hybridized carbons (Fsp3) is 0.111. The van der Waals surface area contributed by atoms with E-state index in [1.165, 1.54) is 5.49 Å². The zero-order valence-corrected chi connectivity index (χ0v) is 7.52. The molecule has 1 rings (SSSR count). The second-order valence-electron chi connectivity index (χ2n) is 2.41. The predicted molar refractivity (Wildman–Crippen MR) is 52.3 cm³/mol. The van der Waals surface area contributed by atoms with Crippen molar-refractivity contribution in [2.24, 2.45) is 0 Å². The lowest BCUT2D eigenvalue weighted by molar-refractivity contribution is 0.0978. The van der Waals surface area contributed by atoms with Crippen LogP contribution in [0.1, 0.15) is 15.9 Å². The van der Waals surface area contributed by atoms with E-state index in [1.807, 2.05) is 25.1 Å². The second kappa shape index (κ2) is 3.97. The molecule has 0 heterocycles. The fourth-order valence-electron chi connectivity index (χ4n) is 0.959. The first-order chi connectivity index (χ1) is 5.75. The van der Waals surface area contributed by atoms with Crippen LogP contribution in [0.25, 0.3) is 0 Å². The highest BCUT2D eigenvalue weighted by atomic mass is 32.1. The minimum Gasteiger partial charge on any atom is -0.319 e. The molecule has 0 aliphatic rings. The molecular weight excluding hydrogens is 170 g/mol. The van der Waals surface area contributed by atoms with Crippen LogP contribution < -0.4 is 5.32 Å². The van der Waals surface area contributed by atoms with E-state index in [2.05, 4.69) is 17.5 Å². The van der Waals surface area contributed by atoms with Gasteiger partial charge >= 0.3 is 0 Å². The summed E-state index contributed by atoms with van der Waals surface area (Å²) in [4.78, 5) is 11.3. The number of carbonyl (C=O) groups is 1. The summed E-state index contributed by atoms with van der Waals surface area (Å²) in [6.07, 6.45) is 0. The summed E-state index contributed by atoms with van der Waals surface area (Å²) < 4.78 is 0. The molecule has 1 aromatic rings. The van der Waals surface area contributed by atoms with E-state index in [9.17, 15) is 4.79 Å². The maximum Gasteiger partial charge on any atom is 0.256 e. The average Bonchev–Trinajstić information content (AvgIpc) is 2.05. The Balaban J connectivity index is 2.94. The van der Waals surface area contributed by atoms with Gasteiger partial charge in [-0.25, -0.2) is 0 Å². The predicted octanol–water partition coefficient (Wildman–Crippen LogP) is 1.68. The van der Waals surface area contributed by atoms with Gasteiger partial charge in [0, 0.05) is 5.56 Å². The van der Waals surface area contributed by atoms with Gasteiger partial charge in [-0.1, -0.05) is 30.4 Å². The van der Waals surface area contributed by atoms with Crippen LogP contribution in [-0.2, 0) is 0 Å². The largest absolute Gasteiger partial charge is 0.319 e. The van der Waals surface area contributed by atoms with Gasteiger partial charge in [0.15, 0.2) is 0 Å². The summed E-state index contributed by atoms with van der Waals surface area (Å²) in [5, 5.41) is 2.45. The molecule has 1 aromatic carbocycles. The normalized spacial score (nSPS) is 9.08. The third-order valence-electron chi connectivity index (χ3n) is 1.58. The van der Waals surface area contributed by atoms with E-state index >= 15 is 0 Å². The van der Waals surface area contributed by atoms with E-state index in [0.717, 1.165) is 5.56 Å². The molecule has 0 aliphatic heterocycles. The van der Waals surface area contributed by atoms with Crippen molar-refractivity contribution in [1.82, 2.24) is 5.32 Å². The van der Waals surface area contributed by atoms with Gasteiger partial charge in [0.05, 0.1) is 5.49 Å². The zero-order chi connectivity index (χ0) is 8.97. The van der Waals surface area contributed by atoms with Crippen molar-refractivity contribution in [2.75, 3.05) is 0 Å². The van der Waals surface area contributed by atoms with E-state index in [-0.39, 0.29) is 5.91 Å². The summed E-state index contributed by atoms with van der Waals surface area (Å²) in [5.74, 6) is -0.150. The van der Waals surface area contributed by atoms with Gasteiger partial charge in [-0.05, 0) is 18.6 Å². The number of thiocarbonyl (C=S) groups is 1. The van der Waals surface area contributed by atoms with Gasteiger partial charge in [0.1, 0.15) is 0 Å². The molecule has 0 bridgehead atoms. The molecule has 0 aromatic heterocycles. The van der Waals surface area contributed by atoms with Gasteiger partial charge in [0.25, 0.3) is 5.91 Å². The van der Waals surface area contributed by atoms with E-state index in [0.29, 0.717) is 5.56 Å². The van der Waals surface area contributed by atoms with Gasteiger partial charge in [-0.15, -0.1) is 0 Å². The lowest BCUT2D eigenvalue weighted by Gasteiger charge is -2.01. The molecule has 62 valence electrons. The molecule has 0 atom stereocenters. The number of aryl methyl sites for hydroxylation is 1. The number of benzene rings is 1. The summed E-state index contributed by atoms with van der Waals surface area (Å²) in [7, 11) is 0. The molecule has 0 saturated carbocycles. The number of carbonyl (C=O) groups excluding carboxylic acids is 1. The van der Waals surface area contributed by atoms with Crippen molar-refractivity contribution in [3.05, 3.63) is 35.4 Å². The maximum atomic E-state index is 11.3. The number of nitrogens with one attached hydrogen (secondary N) is 1. The van der Waals surface area contributed by atoms with Crippen molar-refractivity contribution in [3.8, 4) is 0 Å². The Kier molecular flexibility index (Phi) is 2.94. The Bertz CT molecular complexity index is 309. The van der Waals surface area contributed by atoms with Crippen LogP contribution in [0.3, 0.4) is 0 Å². The topological polar surface area (TPSA) is 29.1 Å². The van der Waals surface area contributed by atoms with Crippen molar-refractivity contribution in [3.63, 3.8) is 0 Å². The standard InChI is InChI=1S/C9H9NOS/c1-7-4-2-3-5-8(7)9(11)10-6-12/h2-6H,1H3,(H,10,11,12). The van der Waals surface area contributed by atoms with Crippen LogP contribution in [0.2, 0.25) is 0 Å². The highest BCUT2D eigenvalue weighted by Crippen LogP contribution is 2.05. The average molecular weight is 179 g/mol. The molecular formula is C9H9NOS. The fourth-order valence-corrected chi connectivity index (χ4v) is 1.07. The van der Waals surface area contributed by atoms with Gasteiger partial charge in [0.2, 0.25) is 0 Å². The van der Waals surface area contributed by atoms with Gasteiger partial charge < -0.3 is 5.32 Å². The van der Waals surface area contributed by atoms with Gasteiger partial charge in [-0.3, -0.25) is 4.79 Å². The smallest absolute Gasteiger partial charge is 0.256 e. The summed E-state index contributed by atoms with van der Waals surface area (Å²) in [6.45, 7) is 1.89. The molecule has 1 N–H and O–H groups in total. The molecule has 0 aliphatic carbocycles. The highest BCUT2D eigenvalue weighted by molar-refractivity contribution is 7.78. The summed E-state index contributed by atoms with van der Waals surface area (Å²) in [6, 6.07) is 7.37. The van der Waals surface area contributed by atoms with E-state index < -0.39 is 0 Å². The van der Waals surface area contributed by atoms with Crippen LogP contribution in [0.5, 0.6) is 0 Å². The summed E-state index contributed by atoms with van der Waals surface area (Å²) >= 11 is 4.51. The minimum absolute atomic E-state index is 0.150. The zero-order valence-electron chi connectivity index (χ0n) is 6.70. The van der Waals surface area contributed by atoms with Crippen LogP contribution >= 0.6 is 12.2 Å². The molecule has 0 radical (unpaired) electrons. The van der Waals surface area contributed by atoms with E-state index in [1.54, 1.807) is 6.07 Å². The molecule has 0 spiro atoms. The lowest BCUT2D eigenvalue weighted by atomic mass is 10.1. The first-order valence-electron chi connectivity index (χ1n) is 3.56. The Morgan fingerprint density at radius 3 is 2.75 bits per heavy atom. The van der Waals surface area contributed by atoms with Crippen molar-refractivity contribution >= 4 is 23.6 Å². The first kappa shape index (κ1) is 8.87. The van der Waals surface area contributed by atoms with Crippen molar-refractivity contribution in [1.29, 1.82) is 0 Å². The molecule has 0 unspecified atom stereocenters. The summed E-state index contributed by atoms with van der Waals surface area (Å²) in [5.41, 5.74) is 2.83. The van der Waals surface area contributed by atoms with Crippen molar-refractivity contribution in [2.45, 2.75) is 6.92 Å². The third kappa shape index (κ3) is 1.89. The first-order valence-corrected chi connectivity index (χ1v) is 4.03. The Labute approximate surface area is 76.6 Å². The molecule has 12 heavy (non-hydrogen) atoms. The number of amides is 1. The number of hydrogen-bond donors (Lipinski definition) is 1. The third-order valence-corrected chi connectivity index (χ3v) is 1.70. The Morgan fingerprint density at radius 1 is 1.50 bits per heavy atom. The molecule has 3 heteroatoms. The lowest BCUT2D eigenvalue weighted by Crippen LogP contribution is -2.21. The Morgan fingerprint density at radius 2 is 2.17 bits per heavy atom. The second-order valence-corrected chi connectivity index (χ2v) is 2.64. The molecule has 1 amide bonds. The number of rotatable bonds is 2. The highest BCUT2D eigenvalue weighted by Gasteiger charge is 2.04. The quantitative estimate of drug-likeness (QED) is 0.700. The minimum atomic E-state index is -0.150. The van der Waals surface area contributed by atoms with Crippen molar-refractivity contribution < 1.29 is 4.79 Å². The van der Waals surface area contributed by atoms with Crippen LogP contribution in [0.4, 0.5) is 0 Å².